The normalized spacial score (nSPS) is 16.1. The first-order chi connectivity index (χ1) is 20.0. The highest BCUT2D eigenvalue weighted by atomic mass is 32.1. The van der Waals surface area contributed by atoms with E-state index >= 15 is 0 Å². The zero-order valence-electron chi connectivity index (χ0n) is 24.5. The first-order valence-electron chi connectivity index (χ1n) is 14.9. The first-order valence-corrected chi connectivity index (χ1v) is 15.7. The average Bonchev–Trinajstić information content (AvgIpc) is 3.75. The molecule has 2 aliphatic heterocycles. The van der Waals surface area contributed by atoms with Crippen LogP contribution in [-0.4, -0.2) is 62.0 Å². The highest BCUT2D eigenvalue weighted by molar-refractivity contribution is 7.22. The molecule has 3 aromatic carbocycles. The van der Waals surface area contributed by atoms with Crippen molar-refractivity contribution in [1.82, 2.24) is 9.80 Å². The fourth-order valence-electron chi connectivity index (χ4n) is 6.19. The predicted octanol–water partition coefficient (Wildman–Crippen LogP) is 7.50. The van der Waals surface area contributed by atoms with Gasteiger partial charge in [0.2, 0.25) is 0 Å². The second-order valence-electron chi connectivity index (χ2n) is 11.5. The number of ether oxygens (including phenoxy) is 2. The third kappa shape index (κ3) is 6.06. The minimum Gasteiger partial charge on any atom is -0.493 e. The van der Waals surface area contributed by atoms with E-state index in [2.05, 4.69) is 60.0 Å². The van der Waals surface area contributed by atoms with Crippen molar-refractivity contribution in [2.45, 2.75) is 46.1 Å². The number of hydrogen-bond acceptors (Lipinski definition) is 6. The zero-order valence-corrected chi connectivity index (χ0v) is 25.3. The second kappa shape index (κ2) is 12.4. The maximum atomic E-state index is 14.2. The third-order valence-electron chi connectivity index (χ3n) is 8.56. The van der Waals surface area contributed by atoms with E-state index in [0.717, 1.165) is 76.7 Å². The summed E-state index contributed by atoms with van der Waals surface area (Å²) >= 11 is 1.67. The number of aryl methyl sites for hydroxylation is 2. The van der Waals surface area contributed by atoms with Gasteiger partial charge >= 0.3 is 0 Å². The molecule has 6 rings (SSSR count). The van der Waals surface area contributed by atoms with E-state index in [-0.39, 0.29) is 5.78 Å². The van der Waals surface area contributed by atoms with Crippen LogP contribution in [0.2, 0.25) is 0 Å². The minimum atomic E-state index is 0.0656. The Labute approximate surface area is 247 Å². The molecule has 0 bridgehead atoms. The van der Waals surface area contributed by atoms with Gasteiger partial charge in [-0.25, -0.2) is 0 Å². The molecule has 0 spiro atoms. The van der Waals surface area contributed by atoms with Gasteiger partial charge in [-0.2, -0.15) is 0 Å². The molecule has 0 unspecified atom stereocenters. The van der Waals surface area contributed by atoms with Gasteiger partial charge in [0.05, 0.1) is 7.11 Å². The van der Waals surface area contributed by atoms with Gasteiger partial charge in [-0.1, -0.05) is 24.3 Å². The van der Waals surface area contributed by atoms with Crippen molar-refractivity contribution in [3.05, 3.63) is 82.4 Å². The summed E-state index contributed by atoms with van der Waals surface area (Å²) in [7, 11) is 1.68. The number of carbonyl (C=O) groups is 1. The summed E-state index contributed by atoms with van der Waals surface area (Å²) in [5.41, 5.74) is 6.14. The Kier molecular flexibility index (Phi) is 8.42. The molecule has 41 heavy (non-hydrogen) atoms. The molecule has 214 valence electrons. The molecule has 2 aliphatic rings. The number of methoxy groups -OCH3 is 1. The summed E-state index contributed by atoms with van der Waals surface area (Å²) in [5, 5.41) is 1.00. The molecule has 2 fully saturated rings. The van der Waals surface area contributed by atoms with Crippen molar-refractivity contribution in [2.24, 2.45) is 0 Å². The van der Waals surface area contributed by atoms with Crippen LogP contribution < -0.4 is 9.47 Å². The van der Waals surface area contributed by atoms with Crippen LogP contribution in [0.3, 0.4) is 0 Å². The van der Waals surface area contributed by atoms with E-state index in [1.165, 1.54) is 42.4 Å². The fourth-order valence-corrected chi connectivity index (χ4v) is 7.49. The lowest BCUT2D eigenvalue weighted by atomic mass is 9.95. The van der Waals surface area contributed by atoms with Gasteiger partial charge in [-0.15, -0.1) is 11.3 Å². The summed E-state index contributed by atoms with van der Waals surface area (Å²) in [4.78, 5) is 20.1. The van der Waals surface area contributed by atoms with Crippen molar-refractivity contribution >= 4 is 27.2 Å². The lowest BCUT2D eigenvalue weighted by molar-refractivity contribution is 0.104. The van der Waals surface area contributed by atoms with Crippen LogP contribution in [0.15, 0.2) is 54.6 Å². The summed E-state index contributed by atoms with van der Waals surface area (Å²) in [5.74, 6) is 1.50. The van der Waals surface area contributed by atoms with E-state index in [9.17, 15) is 4.79 Å². The molecule has 0 atom stereocenters. The Bertz CT molecular complexity index is 1550. The topological polar surface area (TPSA) is 42.0 Å². The maximum Gasteiger partial charge on any atom is 0.195 e. The second-order valence-corrected chi connectivity index (χ2v) is 12.6. The van der Waals surface area contributed by atoms with E-state index < -0.39 is 0 Å². The monoisotopic (exact) mass is 568 g/mol. The lowest BCUT2D eigenvalue weighted by Crippen LogP contribution is -2.25. The molecule has 5 nitrogen and oxygen atoms in total. The molecule has 3 heterocycles. The largest absolute Gasteiger partial charge is 0.493 e. The van der Waals surface area contributed by atoms with Crippen molar-refractivity contribution < 1.29 is 14.3 Å². The summed E-state index contributed by atoms with van der Waals surface area (Å²) in [6.45, 7) is 11.4. The number of likely N-dealkylation sites (tertiary alicyclic amines) is 2. The average molecular weight is 569 g/mol. The standard InChI is InChI=1S/C35H40N2O3S/c1-24-8-12-29-32(20-24)41-35(27-11-13-30(31(22-27)39-3)40-19-18-36-14-4-5-15-36)33(29)34(38)26-9-10-28(25(2)21-26)23-37-16-6-7-17-37/h8-13,20-22H,4-7,14-19,23H2,1-3H3. The van der Waals surface area contributed by atoms with Crippen molar-refractivity contribution in [2.75, 3.05) is 46.4 Å². The number of carbonyl (C=O) groups excluding carboxylic acids is 1. The summed E-state index contributed by atoms with van der Waals surface area (Å²) < 4.78 is 13.0. The van der Waals surface area contributed by atoms with Crippen LogP contribution in [0.1, 0.15) is 58.3 Å². The van der Waals surface area contributed by atoms with Crippen LogP contribution in [0.25, 0.3) is 20.5 Å². The smallest absolute Gasteiger partial charge is 0.195 e. The molecule has 0 amide bonds. The van der Waals surface area contributed by atoms with Crippen LogP contribution in [0.5, 0.6) is 11.5 Å². The zero-order chi connectivity index (χ0) is 28.3. The molecule has 4 aromatic rings. The number of nitrogens with zero attached hydrogens (tertiary/aromatic N) is 2. The highest BCUT2D eigenvalue weighted by Crippen LogP contribution is 2.43. The van der Waals surface area contributed by atoms with Gasteiger partial charge in [-0.3, -0.25) is 14.6 Å². The number of thiophene rings is 1. The number of rotatable bonds is 10. The Morgan fingerprint density at radius 3 is 2.34 bits per heavy atom. The predicted molar refractivity (Wildman–Crippen MR) is 169 cm³/mol. The highest BCUT2D eigenvalue weighted by Gasteiger charge is 2.23. The Morgan fingerprint density at radius 2 is 1.61 bits per heavy atom. The molecular weight excluding hydrogens is 528 g/mol. The molecule has 1 aromatic heterocycles. The molecule has 6 heteroatoms. The van der Waals surface area contributed by atoms with Crippen LogP contribution >= 0.6 is 11.3 Å². The van der Waals surface area contributed by atoms with E-state index in [1.807, 2.05) is 18.2 Å². The van der Waals surface area contributed by atoms with Gasteiger partial charge in [0, 0.05) is 39.2 Å². The van der Waals surface area contributed by atoms with Crippen molar-refractivity contribution in [3.63, 3.8) is 0 Å². The van der Waals surface area contributed by atoms with Crippen LogP contribution in [0.4, 0.5) is 0 Å². The Hall–Kier alpha value is -3.19. The van der Waals surface area contributed by atoms with Gasteiger partial charge in [0.1, 0.15) is 6.61 Å². The van der Waals surface area contributed by atoms with Gasteiger partial charge in [0.25, 0.3) is 0 Å². The van der Waals surface area contributed by atoms with E-state index in [1.54, 1.807) is 18.4 Å². The van der Waals surface area contributed by atoms with E-state index in [0.29, 0.717) is 12.4 Å². The van der Waals surface area contributed by atoms with Gasteiger partial charge < -0.3 is 9.47 Å². The Balaban J connectivity index is 1.32. The van der Waals surface area contributed by atoms with Crippen molar-refractivity contribution in [1.29, 1.82) is 0 Å². The lowest BCUT2D eigenvalue weighted by Gasteiger charge is -2.17. The SMILES string of the molecule is COc1cc(-c2sc3cc(C)ccc3c2C(=O)c2ccc(CN3CCCC3)c(C)c2)ccc1OCCN1CCCC1. The third-order valence-corrected chi connectivity index (χ3v) is 9.76. The first kappa shape index (κ1) is 28.0. The number of hydrogen-bond donors (Lipinski definition) is 0. The fraction of sp³-hybridized carbons (Fsp3) is 0.400. The summed E-state index contributed by atoms with van der Waals surface area (Å²) in [6, 6.07) is 18.7. The van der Waals surface area contributed by atoms with E-state index in [4.69, 9.17) is 9.47 Å². The summed E-state index contributed by atoms with van der Waals surface area (Å²) in [6.07, 6.45) is 5.10. The molecular formula is C35H40N2O3S. The number of ketones is 1. The van der Waals surface area contributed by atoms with Gasteiger partial charge in [-0.05, 0) is 118 Å². The molecule has 0 N–H and O–H groups in total. The molecule has 0 saturated carbocycles. The molecule has 0 radical (unpaired) electrons. The Morgan fingerprint density at radius 1 is 0.854 bits per heavy atom. The van der Waals surface area contributed by atoms with Gasteiger partial charge in [0.15, 0.2) is 17.3 Å². The number of benzene rings is 3. The van der Waals surface area contributed by atoms with Crippen LogP contribution in [0, 0.1) is 13.8 Å². The quantitative estimate of drug-likeness (QED) is 0.185. The number of fused-ring (bicyclic) bond motifs is 1. The molecule has 0 aliphatic carbocycles. The van der Waals surface area contributed by atoms with Crippen molar-refractivity contribution in [3.8, 4) is 21.9 Å². The maximum absolute atomic E-state index is 14.2. The van der Waals surface area contributed by atoms with Crippen LogP contribution in [-0.2, 0) is 6.54 Å². The molecule has 2 saturated heterocycles. The minimum absolute atomic E-state index is 0.0656.